The van der Waals surface area contributed by atoms with E-state index >= 15 is 0 Å². The summed E-state index contributed by atoms with van der Waals surface area (Å²) in [4.78, 5) is 4.79. The number of allylic oxidation sites excluding steroid dienone is 2. The fourth-order valence-corrected chi connectivity index (χ4v) is 8.21. The van der Waals surface area contributed by atoms with Crippen molar-refractivity contribution in [3.63, 3.8) is 0 Å². The van der Waals surface area contributed by atoms with E-state index in [2.05, 4.69) is 151 Å². The van der Waals surface area contributed by atoms with Crippen LogP contribution in [0.3, 0.4) is 0 Å². The molecule has 1 unspecified atom stereocenters. The van der Waals surface area contributed by atoms with Crippen molar-refractivity contribution in [3.05, 3.63) is 119 Å². The number of ether oxygens (including phenoxy) is 1. The molecule has 0 amide bonds. The fraction of sp³-hybridized carbons (Fsp3) is 0.378. The van der Waals surface area contributed by atoms with Gasteiger partial charge >= 0.3 is 21.1 Å². The number of hydrogen-bond acceptors (Lipinski definition) is 3. The van der Waals surface area contributed by atoms with E-state index in [4.69, 9.17) is 14.8 Å². The van der Waals surface area contributed by atoms with Gasteiger partial charge in [0.15, 0.2) is 0 Å². The molecule has 0 spiro atoms. The molecular weight excluding hydrogens is 808 g/mol. The third-order valence-electron chi connectivity index (χ3n) is 10.5. The molecule has 1 aliphatic carbocycles. The normalized spacial score (nSPS) is 17.9. The predicted octanol–water partition coefficient (Wildman–Crippen LogP) is 11.8. The Morgan fingerprint density at radius 3 is 2.41 bits per heavy atom. The van der Waals surface area contributed by atoms with Gasteiger partial charge in [-0.15, -0.1) is 41.3 Å². The van der Waals surface area contributed by atoms with Crippen LogP contribution >= 0.6 is 0 Å². The Morgan fingerprint density at radius 2 is 1.71 bits per heavy atom. The van der Waals surface area contributed by atoms with Gasteiger partial charge in [0.05, 0.1) is 5.69 Å². The van der Waals surface area contributed by atoms with Gasteiger partial charge in [-0.25, -0.2) is 4.98 Å². The minimum absolute atomic E-state index is 0. The van der Waals surface area contributed by atoms with Crippen molar-refractivity contribution in [1.29, 1.82) is 0 Å². The van der Waals surface area contributed by atoms with Gasteiger partial charge < -0.3 is 9.30 Å². The van der Waals surface area contributed by atoms with E-state index in [9.17, 15) is 0 Å². The largest absolute Gasteiger partial charge is 2.00 e. The molecule has 1 aliphatic rings. The van der Waals surface area contributed by atoms with Crippen molar-refractivity contribution < 1.29 is 25.8 Å². The van der Waals surface area contributed by atoms with Crippen molar-refractivity contribution in [3.8, 4) is 23.0 Å². The predicted molar refractivity (Wildman–Crippen MR) is 206 cm³/mol. The van der Waals surface area contributed by atoms with Crippen molar-refractivity contribution in [1.82, 2.24) is 19.3 Å². The second-order valence-electron chi connectivity index (χ2n) is 15.8. The summed E-state index contributed by atoms with van der Waals surface area (Å²) in [5.74, 6) is 3.95. The Kier molecular flexibility index (Phi) is 10.3. The zero-order valence-electron chi connectivity index (χ0n) is 31.7. The summed E-state index contributed by atoms with van der Waals surface area (Å²) < 4.78 is 11.1. The van der Waals surface area contributed by atoms with Gasteiger partial charge in [0, 0.05) is 40.4 Å². The molecule has 7 rings (SSSR count). The fourth-order valence-electron chi connectivity index (χ4n) is 8.21. The van der Waals surface area contributed by atoms with E-state index in [1.807, 2.05) is 12.3 Å². The van der Waals surface area contributed by atoms with Crippen molar-refractivity contribution in [2.24, 2.45) is 11.8 Å². The standard InChI is InChI=1S/C45H50N4O.Pt/c1-11-32-18-19-46-41(22-32)48-39-15-13-12-14-37(39)38-17-16-35(26-40(38)48)50-36-24-33(45(8,9)10)23-34(25-36)49-44(27(2)3)43(31(7)47-49)42-29(5)20-28(4)21-30(42)6;/h12-20,22-24,27-28,30,42H,11,21H2,1-10H3;/q-2;+2/t28-,30-,42?;/m0./s1. The van der Waals surface area contributed by atoms with E-state index in [1.54, 1.807) is 0 Å². The Morgan fingerprint density at radius 1 is 0.941 bits per heavy atom. The molecule has 266 valence electrons. The number of fused-ring (bicyclic) bond motifs is 3. The van der Waals surface area contributed by atoms with Crippen LogP contribution in [0, 0.1) is 30.9 Å². The molecule has 6 aromatic rings. The van der Waals surface area contributed by atoms with Gasteiger partial charge in [-0.1, -0.05) is 90.8 Å². The quantitative estimate of drug-likeness (QED) is 0.119. The van der Waals surface area contributed by atoms with Gasteiger partial charge in [0.2, 0.25) is 0 Å². The van der Waals surface area contributed by atoms with Crippen molar-refractivity contribution in [2.75, 3.05) is 0 Å². The zero-order valence-corrected chi connectivity index (χ0v) is 33.9. The number of para-hydroxylation sites is 1. The molecule has 0 aliphatic heterocycles. The van der Waals surface area contributed by atoms with Gasteiger partial charge in [-0.2, -0.15) is 11.2 Å². The number of benzene rings is 3. The van der Waals surface area contributed by atoms with Crippen LogP contribution in [0.2, 0.25) is 0 Å². The first kappa shape index (κ1) is 36.8. The number of rotatable bonds is 7. The molecule has 0 radical (unpaired) electrons. The van der Waals surface area contributed by atoms with Crippen molar-refractivity contribution >= 4 is 21.8 Å². The monoisotopic (exact) mass is 857 g/mol. The van der Waals surface area contributed by atoms with Gasteiger partial charge in [0.1, 0.15) is 5.82 Å². The second-order valence-corrected chi connectivity index (χ2v) is 15.8. The molecular formula is C45H50N4OPt. The maximum Gasteiger partial charge on any atom is 2.00 e. The van der Waals surface area contributed by atoms with E-state index < -0.39 is 0 Å². The molecule has 6 heteroatoms. The summed E-state index contributed by atoms with van der Waals surface area (Å²) in [6.45, 7) is 22.7. The van der Waals surface area contributed by atoms with Gasteiger partial charge in [-0.05, 0) is 84.7 Å². The molecule has 3 atom stereocenters. The minimum Gasteiger partial charge on any atom is -0.509 e. The number of aromatic nitrogens is 4. The number of pyridine rings is 1. The topological polar surface area (TPSA) is 44.9 Å². The molecule has 3 aromatic carbocycles. The molecule has 51 heavy (non-hydrogen) atoms. The van der Waals surface area contributed by atoms with E-state index in [1.165, 1.54) is 28.8 Å². The maximum absolute atomic E-state index is 6.72. The van der Waals surface area contributed by atoms with Gasteiger partial charge in [0.25, 0.3) is 0 Å². The summed E-state index contributed by atoms with van der Waals surface area (Å²) in [5, 5.41) is 7.52. The average Bonchev–Trinajstić information content (AvgIpc) is 3.58. The third kappa shape index (κ3) is 6.87. The molecule has 0 bridgehead atoms. The summed E-state index contributed by atoms with van der Waals surface area (Å²) in [6.07, 6.45) is 6.49. The molecule has 3 aromatic heterocycles. The van der Waals surface area contributed by atoms with Crippen LogP contribution in [0.5, 0.6) is 11.5 Å². The Balaban J connectivity index is 0.00000448. The molecule has 5 nitrogen and oxygen atoms in total. The van der Waals surface area contributed by atoms with Crippen LogP contribution in [0.15, 0.2) is 78.5 Å². The van der Waals surface area contributed by atoms with E-state index in [0.717, 1.165) is 51.0 Å². The van der Waals surface area contributed by atoms with Crippen LogP contribution in [0.4, 0.5) is 0 Å². The maximum atomic E-state index is 6.72. The smallest absolute Gasteiger partial charge is 0.509 e. The number of hydrogen-bond donors (Lipinski definition) is 0. The summed E-state index contributed by atoms with van der Waals surface area (Å²) in [5.41, 5.74) is 10.4. The average molecular weight is 858 g/mol. The van der Waals surface area contributed by atoms with Crippen LogP contribution in [0.1, 0.15) is 109 Å². The van der Waals surface area contributed by atoms with Crippen LogP contribution in [0.25, 0.3) is 33.3 Å². The third-order valence-corrected chi connectivity index (χ3v) is 10.5. The molecule has 0 N–H and O–H groups in total. The molecule has 3 heterocycles. The summed E-state index contributed by atoms with van der Waals surface area (Å²) in [6, 6.07) is 28.5. The zero-order chi connectivity index (χ0) is 35.5. The van der Waals surface area contributed by atoms with Crippen LogP contribution in [-0.4, -0.2) is 19.3 Å². The summed E-state index contributed by atoms with van der Waals surface area (Å²) >= 11 is 0. The molecule has 0 saturated heterocycles. The first-order chi connectivity index (χ1) is 23.8. The number of aryl methyl sites for hydroxylation is 2. The van der Waals surface area contributed by atoms with Crippen molar-refractivity contribution in [2.45, 2.75) is 99.3 Å². The number of nitrogens with zero attached hydrogens (tertiary/aromatic N) is 4. The van der Waals surface area contributed by atoms with Crippen LogP contribution in [-0.2, 0) is 32.9 Å². The van der Waals surface area contributed by atoms with Gasteiger partial charge in [-0.3, -0.25) is 4.68 Å². The Hall–Kier alpha value is -3.95. The van der Waals surface area contributed by atoms with E-state index in [-0.39, 0.29) is 32.4 Å². The second kappa shape index (κ2) is 14.2. The summed E-state index contributed by atoms with van der Waals surface area (Å²) in [7, 11) is 0. The van der Waals surface area contributed by atoms with E-state index in [0.29, 0.717) is 29.3 Å². The molecule has 0 fully saturated rings. The first-order valence-electron chi connectivity index (χ1n) is 18.3. The minimum atomic E-state index is -0.117. The van der Waals surface area contributed by atoms with Crippen LogP contribution < -0.4 is 4.74 Å². The SMILES string of the molecule is CCc1ccnc(-n2c3[c-]c(Oc4[c-]c(-n5nc(C)c(C6C(C)=C[C@H](C)C[C@@H]6C)c5C(C)C)cc(C(C)(C)C)c4)ccc3c3ccccc32)c1.[Pt+2]. The Bertz CT molecular complexity index is 2250. The Labute approximate surface area is 318 Å². The first-order valence-corrected chi connectivity index (χ1v) is 18.3. The molecule has 0 saturated carbocycles.